The lowest BCUT2D eigenvalue weighted by molar-refractivity contribution is 0.504. The number of likely N-dealkylation sites (N-methyl/N-ethyl adjacent to an activating group) is 1. The molecule has 0 radical (unpaired) electrons. The molecule has 4 rings (SSSR count). The molecule has 1 aromatic heterocycles. The van der Waals surface area contributed by atoms with Crippen LogP contribution in [0.4, 0.5) is 0 Å². The number of hydrogen-bond acceptors (Lipinski definition) is 2. The van der Waals surface area contributed by atoms with Crippen LogP contribution in [0.25, 0.3) is 17.0 Å². The quantitative estimate of drug-likeness (QED) is 0.716. The van der Waals surface area contributed by atoms with E-state index in [4.69, 9.17) is 0 Å². The maximum absolute atomic E-state index is 12.8. The third-order valence-electron chi connectivity index (χ3n) is 4.54. The van der Waals surface area contributed by atoms with Gasteiger partial charge in [0.05, 0.1) is 11.4 Å². The Kier molecular flexibility index (Phi) is 3.28. The zero-order chi connectivity index (χ0) is 16.9. The van der Waals surface area contributed by atoms with Crippen molar-refractivity contribution in [2.24, 2.45) is 0 Å². The number of aryl methyl sites for hydroxylation is 1. The average Bonchev–Trinajstić information content (AvgIpc) is 2.95. The van der Waals surface area contributed by atoms with Crippen molar-refractivity contribution in [3.8, 4) is 0 Å². The molecule has 3 aromatic rings. The highest BCUT2D eigenvalue weighted by Gasteiger charge is 2.29. The van der Waals surface area contributed by atoms with Gasteiger partial charge in [-0.15, -0.1) is 0 Å². The zero-order valence-corrected chi connectivity index (χ0v) is 14.4. The zero-order valence-electron chi connectivity index (χ0n) is 13.6. The van der Waals surface area contributed by atoms with E-state index in [9.17, 15) is 8.42 Å². The Hall–Kier alpha value is -2.53. The van der Waals surface area contributed by atoms with Crippen molar-refractivity contribution in [2.75, 3.05) is 7.05 Å². The van der Waals surface area contributed by atoms with Crippen molar-refractivity contribution >= 4 is 27.0 Å². The number of fused-ring (bicyclic) bond motifs is 2. The van der Waals surface area contributed by atoms with E-state index in [0.717, 1.165) is 27.7 Å². The Morgan fingerprint density at radius 2 is 1.83 bits per heavy atom. The summed E-state index contributed by atoms with van der Waals surface area (Å²) in [6.07, 6.45) is 3.97. The highest BCUT2D eigenvalue weighted by Crippen LogP contribution is 2.31. The average molecular weight is 338 g/mol. The first-order chi connectivity index (χ1) is 11.5. The summed E-state index contributed by atoms with van der Waals surface area (Å²) in [5.74, 6) is 0. The van der Waals surface area contributed by atoms with Gasteiger partial charge in [0.15, 0.2) is 0 Å². The molecule has 0 bridgehead atoms. The number of aromatic nitrogens is 1. The van der Waals surface area contributed by atoms with Gasteiger partial charge in [0.1, 0.15) is 0 Å². The first kappa shape index (κ1) is 15.0. The SMILES string of the molecule is Cc1ccc2c(c1)C=C(Cn1ccc3ccccc31)N(C)S2(=O)=O. The fourth-order valence-corrected chi connectivity index (χ4v) is 4.56. The molecule has 0 saturated carbocycles. The second kappa shape index (κ2) is 5.24. The van der Waals surface area contributed by atoms with E-state index in [1.165, 1.54) is 4.31 Å². The maximum atomic E-state index is 12.8. The molecule has 24 heavy (non-hydrogen) atoms. The molecule has 0 fully saturated rings. The van der Waals surface area contributed by atoms with Crippen LogP contribution >= 0.6 is 0 Å². The molecule has 0 unspecified atom stereocenters. The number of nitrogens with zero attached hydrogens (tertiary/aromatic N) is 2. The fraction of sp³-hybridized carbons (Fsp3) is 0.158. The molecule has 0 aliphatic carbocycles. The lowest BCUT2D eigenvalue weighted by Gasteiger charge is -2.28. The maximum Gasteiger partial charge on any atom is 0.264 e. The number of benzene rings is 2. The highest BCUT2D eigenvalue weighted by atomic mass is 32.2. The lowest BCUT2D eigenvalue weighted by atomic mass is 10.1. The molecular weight excluding hydrogens is 320 g/mol. The van der Waals surface area contributed by atoms with E-state index in [-0.39, 0.29) is 0 Å². The van der Waals surface area contributed by atoms with E-state index in [1.807, 2.05) is 55.6 Å². The van der Waals surface area contributed by atoms with Gasteiger partial charge in [-0.25, -0.2) is 8.42 Å². The van der Waals surface area contributed by atoms with Crippen molar-refractivity contribution in [3.05, 3.63) is 71.6 Å². The number of rotatable bonds is 2. The molecule has 0 spiro atoms. The van der Waals surface area contributed by atoms with Gasteiger partial charge in [0.25, 0.3) is 10.0 Å². The van der Waals surface area contributed by atoms with Gasteiger partial charge in [-0.1, -0.05) is 35.9 Å². The summed E-state index contributed by atoms with van der Waals surface area (Å²) in [5.41, 5.74) is 3.67. The summed E-state index contributed by atoms with van der Waals surface area (Å²) in [6, 6.07) is 15.6. The minimum absolute atomic E-state index is 0.372. The Labute approximate surface area is 141 Å². The van der Waals surface area contributed by atoms with Gasteiger partial charge in [-0.2, -0.15) is 0 Å². The molecule has 0 atom stereocenters. The van der Waals surface area contributed by atoms with Crippen molar-refractivity contribution in [3.63, 3.8) is 0 Å². The van der Waals surface area contributed by atoms with E-state index in [2.05, 4.69) is 10.6 Å². The van der Waals surface area contributed by atoms with Gasteiger partial charge < -0.3 is 4.57 Å². The number of allylic oxidation sites excluding steroid dienone is 1. The summed E-state index contributed by atoms with van der Waals surface area (Å²) >= 11 is 0. The molecule has 0 N–H and O–H groups in total. The van der Waals surface area contributed by atoms with Crippen LogP contribution in [0.15, 0.2) is 65.3 Å². The van der Waals surface area contributed by atoms with E-state index in [0.29, 0.717) is 11.4 Å². The molecule has 1 aliphatic heterocycles. The van der Waals surface area contributed by atoms with Crippen LogP contribution in [0.1, 0.15) is 11.1 Å². The van der Waals surface area contributed by atoms with Crippen LogP contribution in [0.2, 0.25) is 0 Å². The minimum Gasteiger partial charge on any atom is -0.342 e. The van der Waals surface area contributed by atoms with Crippen molar-refractivity contribution in [1.29, 1.82) is 0 Å². The molecule has 0 amide bonds. The van der Waals surface area contributed by atoms with Crippen LogP contribution in [0, 0.1) is 6.92 Å². The number of sulfonamides is 1. The smallest absolute Gasteiger partial charge is 0.264 e. The molecule has 1 aliphatic rings. The largest absolute Gasteiger partial charge is 0.342 e. The standard InChI is InChI=1S/C19H18N2O2S/c1-14-7-8-19-16(11-14)12-17(20(2)24(19,22)23)13-21-10-9-15-5-3-4-6-18(15)21/h3-12H,13H2,1-2H3. The lowest BCUT2D eigenvalue weighted by Crippen LogP contribution is -2.31. The molecule has 2 aromatic carbocycles. The third-order valence-corrected chi connectivity index (χ3v) is 6.43. The fourth-order valence-electron chi connectivity index (χ4n) is 3.19. The van der Waals surface area contributed by atoms with Gasteiger partial charge in [-0.3, -0.25) is 4.31 Å². The second-order valence-corrected chi connectivity index (χ2v) is 8.09. The first-order valence-corrected chi connectivity index (χ1v) is 9.25. The van der Waals surface area contributed by atoms with Gasteiger partial charge in [0.2, 0.25) is 0 Å². The van der Waals surface area contributed by atoms with Gasteiger partial charge in [0, 0.05) is 24.5 Å². The molecule has 2 heterocycles. The van der Waals surface area contributed by atoms with Crippen LogP contribution in [-0.2, 0) is 16.6 Å². The van der Waals surface area contributed by atoms with Crippen molar-refractivity contribution in [2.45, 2.75) is 18.4 Å². The summed E-state index contributed by atoms with van der Waals surface area (Å²) in [5, 5.41) is 1.15. The van der Waals surface area contributed by atoms with Gasteiger partial charge in [-0.05, 0) is 42.1 Å². The van der Waals surface area contributed by atoms with E-state index < -0.39 is 10.0 Å². The van der Waals surface area contributed by atoms with Crippen LogP contribution in [0.3, 0.4) is 0 Å². The molecule has 122 valence electrons. The minimum atomic E-state index is -3.49. The van der Waals surface area contributed by atoms with E-state index >= 15 is 0 Å². The molecular formula is C19H18N2O2S. The summed E-state index contributed by atoms with van der Waals surface area (Å²) in [4.78, 5) is 0.372. The van der Waals surface area contributed by atoms with Crippen LogP contribution < -0.4 is 0 Å². The van der Waals surface area contributed by atoms with Crippen molar-refractivity contribution < 1.29 is 8.42 Å². The molecule has 5 heteroatoms. The molecule has 0 saturated heterocycles. The monoisotopic (exact) mass is 338 g/mol. The Bertz CT molecular complexity index is 1080. The number of hydrogen-bond donors (Lipinski definition) is 0. The first-order valence-electron chi connectivity index (χ1n) is 7.81. The second-order valence-electron chi connectivity index (χ2n) is 6.15. The van der Waals surface area contributed by atoms with Crippen LogP contribution in [-0.4, -0.2) is 24.3 Å². The Morgan fingerprint density at radius 3 is 2.67 bits per heavy atom. The van der Waals surface area contributed by atoms with E-state index in [1.54, 1.807) is 13.1 Å². The predicted molar refractivity (Wildman–Crippen MR) is 96.0 cm³/mol. The highest BCUT2D eigenvalue weighted by molar-refractivity contribution is 7.89. The summed E-state index contributed by atoms with van der Waals surface area (Å²) in [6.45, 7) is 2.48. The van der Waals surface area contributed by atoms with Gasteiger partial charge >= 0.3 is 0 Å². The molecule has 4 nitrogen and oxygen atoms in total. The summed E-state index contributed by atoms with van der Waals surface area (Å²) in [7, 11) is -1.87. The number of para-hydroxylation sites is 1. The predicted octanol–water partition coefficient (Wildman–Crippen LogP) is 3.62. The Balaban J connectivity index is 1.83. The normalized spacial score (nSPS) is 16.1. The van der Waals surface area contributed by atoms with Crippen molar-refractivity contribution in [1.82, 2.24) is 8.87 Å². The van der Waals surface area contributed by atoms with Crippen LogP contribution in [0.5, 0.6) is 0 Å². The third kappa shape index (κ3) is 2.24. The summed E-state index contributed by atoms with van der Waals surface area (Å²) < 4.78 is 29.1. The Morgan fingerprint density at radius 1 is 1.04 bits per heavy atom. The topological polar surface area (TPSA) is 42.3 Å².